The second-order valence-corrected chi connectivity index (χ2v) is 7.13. The average Bonchev–Trinajstić information content (AvgIpc) is 2.83. The van der Waals surface area contributed by atoms with E-state index in [-0.39, 0.29) is 5.56 Å². The van der Waals surface area contributed by atoms with E-state index < -0.39 is 12.0 Å². The topological polar surface area (TPSA) is 81.7 Å². The zero-order valence-electron chi connectivity index (χ0n) is 12.9. The molecule has 0 atom stereocenters. The van der Waals surface area contributed by atoms with Crippen LogP contribution in [0.5, 0.6) is 0 Å². The largest absolute Gasteiger partial charge is 0.478 e. The number of carbonyl (C=O) groups is 2. The molecule has 1 aromatic carbocycles. The SMILES string of the molecule is CN1CCc2c(sc(NC(=O)Nc3cccc(Cl)c3)c2C(=O)O)C1. The minimum Gasteiger partial charge on any atom is -0.478 e. The number of hydrogen-bond donors (Lipinski definition) is 3. The number of carboxylic acid groups (broad SMARTS) is 1. The van der Waals surface area contributed by atoms with E-state index in [0.29, 0.717) is 28.7 Å². The first-order valence-electron chi connectivity index (χ1n) is 7.34. The summed E-state index contributed by atoms with van der Waals surface area (Å²) >= 11 is 7.20. The number of carboxylic acids is 1. The summed E-state index contributed by atoms with van der Waals surface area (Å²) in [5.74, 6) is -1.02. The highest BCUT2D eigenvalue weighted by molar-refractivity contribution is 7.17. The van der Waals surface area contributed by atoms with Crippen LogP contribution in [0.1, 0.15) is 20.8 Å². The lowest BCUT2D eigenvalue weighted by molar-refractivity contribution is 0.0696. The Labute approximate surface area is 148 Å². The summed E-state index contributed by atoms with van der Waals surface area (Å²) in [5, 5.41) is 15.7. The molecular weight excluding hydrogens is 350 g/mol. The first-order chi connectivity index (χ1) is 11.4. The van der Waals surface area contributed by atoms with Gasteiger partial charge in [-0.05, 0) is 37.2 Å². The van der Waals surface area contributed by atoms with Crippen molar-refractivity contribution in [3.8, 4) is 0 Å². The Kier molecular flexibility index (Phi) is 4.75. The number of fused-ring (bicyclic) bond motifs is 1. The van der Waals surface area contributed by atoms with Crippen LogP contribution in [-0.4, -0.2) is 35.6 Å². The number of amides is 2. The summed E-state index contributed by atoms with van der Waals surface area (Å²) in [6, 6.07) is 6.26. The molecule has 0 fully saturated rings. The minimum absolute atomic E-state index is 0.198. The van der Waals surface area contributed by atoms with E-state index in [1.54, 1.807) is 24.3 Å². The Morgan fingerprint density at radius 2 is 2.12 bits per heavy atom. The van der Waals surface area contributed by atoms with Crippen LogP contribution in [0.4, 0.5) is 15.5 Å². The van der Waals surface area contributed by atoms with Crippen LogP contribution in [0, 0.1) is 0 Å². The summed E-state index contributed by atoms with van der Waals surface area (Å²) in [4.78, 5) is 26.9. The van der Waals surface area contributed by atoms with E-state index in [1.165, 1.54) is 11.3 Å². The number of aromatic carboxylic acids is 1. The number of likely N-dealkylation sites (N-methyl/N-ethyl adjacent to an activating group) is 1. The molecule has 0 aliphatic carbocycles. The number of hydrogen-bond acceptors (Lipinski definition) is 4. The predicted molar refractivity (Wildman–Crippen MR) is 95.4 cm³/mol. The molecule has 2 heterocycles. The van der Waals surface area contributed by atoms with Crippen molar-refractivity contribution >= 4 is 45.6 Å². The Morgan fingerprint density at radius 1 is 1.33 bits per heavy atom. The van der Waals surface area contributed by atoms with Crippen molar-refractivity contribution < 1.29 is 14.7 Å². The van der Waals surface area contributed by atoms with Gasteiger partial charge in [0.1, 0.15) is 5.00 Å². The zero-order chi connectivity index (χ0) is 17.3. The first kappa shape index (κ1) is 16.8. The lowest BCUT2D eigenvalue weighted by Crippen LogP contribution is -2.26. The number of nitrogens with zero attached hydrogens (tertiary/aromatic N) is 1. The van der Waals surface area contributed by atoms with Crippen LogP contribution < -0.4 is 10.6 Å². The second-order valence-electron chi connectivity index (χ2n) is 5.59. The maximum atomic E-state index is 12.2. The number of thiophene rings is 1. The number of urea groups is 1. The fraction of sp³-hybridized carbons (Fsp3) is 0.250. The molecule has 0 saturated carbocycles. The van der Waals surface area contributed by atoms with E-state index in [9.17, 15) is 14.7 Å². The lowest BCUT2D eigenvalue weighted by Gasteiger charge is -2.22. The molecule has 6 nitrogen and oxygen atoms in total. The summed E-state index contributed by atoms with van der Waals surface area (Å²) in [7, 11) is 1.99. The fourth-order valence-electron chi connectivity index (χ4n) is 2.68. The Balaban J connectivity index is 1.82. The van der Waals surface area contributed by atoms with Crippen molar-refractivity contribution in [3.05, 3.63) is 45.3 Å². The van der Waals surface area contributed by atoms with Crippen LogP contribution in [0.15, 0.2) is 24.3 Å². The maximum Gasteiger partial charge on any atom is 0.339 e. The van der Waals surface area contributed by atoms with Crippen molar-refractivity contribution in [1.82, 2.24) is 4.90 Å². The normalized spacial score (nSPS) is 14.1. The smallest absolute Gasteiger partial charge is 0.339 e. The van der Waals surface area contributed by atoms with Gasteiger partial charge in [0.05, 0.1) is 5.56 Å². The van der Waals surface area contributed by atoms with Gasteiger partial charge >= 0.3 is 12.0 Å². The molecule has 126 valence electrons. The predicted octanol–water partition coefficient (Wildman–Crippen LogP) is 3.73. The number of halogens is 1. The molecular formula is C16H16ClN3O3S. The molecule has 1 aliphatic heterocycles. The Morgan fingerprint density at radius 3 is 2.83 bits per heavy atom. The number of carbonyl (C=O) groups excluding carboxylic acids is 1. The van der Waals surface area contributed by atoms with Gasteiger partial charge in [-0.25, -0.2) is 9.59 Å². The standard InChI is InChI=1S/C16H16ClN3O3S/c1-20-6-5-11-12(8-20)24-14(13(11)15(21)22)19-16(23)18-10-4-2-3-9(17)7-10/h2-4,7H,5-6,8H2,1H3,(H,21,22)(H2,18,19,23). The van der Waals surface area contributed by atoms with Gasteiger partial charge in [-0.1, -0.05) is 17.7 Å². The quantitative estimate of drug-likeness (QED) is 0.774. The minimum atomic E-state index is -1.02. The molecule has 0 unspecified atom stereocenters. The summed E-state index contributed by atoms with van der Waals surface area (Å²) in [6.07, 6.45) is 0.668. The van der Waals surface area contributed by atoms with Crippen molar-refractivity contribution in [2.45, 2.75) is 13.0 Å². The molecule has 2 amide bonds. The van der Waals surface area contributed by atoms with Gasteiger partial charge in [0, 0.05) is 28.7 Å². The van der Waals surface area contributed by atoms with E-state index in [1.807, 2.05) is 7.05 Å². The van der Waals surface area contributed by atoms with Crippen LogP contribution >= 0.6 is 22.9 Å². The van der Waals surface area contributed by atoms with Gasteiger partial charge in [-0.2, -0.15) is 0 Å². The lowest BCUT2D eigenvalue weighted by atomic mass is 10.0. The van der Waals surface area contributed by atoms with E-state index in [2.05, 4.69) is 15.5 Å². The van der Waals surface area contributed by atoms with Crippen LogP contribution in [0.25, 0.3) is 0 Å². The highest BCUT2D eigenvalue weighted by atomic mass is 35.5. The third kappa shape index (κ3) is 3.53. The van der Waals surface area contributed by atoms with Gasteiger partial charge in [0.2, 0.25) is 0 Å². The van der Waals surface area contributed by atoms with Crippen LogP contribution in [-0.2, 0) is 13.0 Å². The molecule has 24 heavy (non-hydrogen) atoms. The van der Waals surface area contributed by atoms with E-state index in [0.717, 1.165) is 17.0 Å². The third-order valence-electron chi connectivity index (χ3n) is 3.77. The molecule has 3 N–H and O–H groups in total. The first-order valence-corrected chi connectivity index (χ1v) is 8.53. The summed E-state index contributed by atoms with van der Waals surface area (Å²) < 4.78 is 0. The number of benzene rings is 1. The van der Waals surface area contributed by atoms with Gasteiger partial charge in [-0.3, -0.25) is 5.32 Å². The number of anilines is 2. The van der Waals surface area contributed by atoms with E-state index >= 15 is 0 Å². The molecule has 3 rings (SSSR count). The molecule has 0 spiro atoms. The van der Waals surface area contributed by atoms with Crippen molar-refractivity contribution in [1.29, 1.82) is 0 Å². The van der Waals surface area contributed by atoms with Gasteiger partial charge < -0.3 is 15.3 Å². The van der Waals surface area contributed by atoms with Crippen molar-refractivity contribution in [2.24, 2.45) is 0 Å². The molecule has 1 aromatic heterocycles. The second kappa shape index (κ2) is 6.80. The highest BCUT2D eigenvalue weighted by Crippen LogP contribution is 2.36. The van der Waals surface area contributed by atoms with Gasteiger partial charge in [0.15, 0.2) is 0 Å². The number of rotatable bonds is 3. The third-order valence-corrected chi connectivity index (χ3v) is 5.14. The van der Waals surface area contributed by atoms with Crippen molar-refractivity contribution in [3.63, 3.8) is 0 Å². The maximum absolute atomic E-state index is 12.2. The molecule has 1 aliphatic rings. The molecule has 0 radical (unpaired) electrons. The summed E-state index contributed by atoms with van der Waals surface area (Å²) in [6.45, 7) is 1.50. The Hall–Kier alpha value is -2.09. The van der Waals surface area contributed by atoms with Crippen LogP contribution in [0.2, 0.25) is 5.02 Å². The zero-order valence-corrected chi connectivity index (χ0v) is 14.5. The summed E-state index contributed by atoms with van der Waals surface area (Å²) in [5.41, 5.74) is 1.56. The van der Waals surface area contributed by atoms with Crippen LogP contribution in [0.3, 0.4) is 0 Å². The van der Waals surface area contributed by atoms with Gasteiger partial charge in [-0.15, -0.1) is 11.3 Å². The van der Waals surface area contributed by atoms with Crippen molar-refractivity contribution in [2.75, 3.05) is 24.2 Å². The number of nitrogens with one attached hydrogen (secondary N) is 2. The Bertz CT molecular complexity index is 806. The average molecular weight is 366 g/mol. The molecule has 0 saturated heterocycles. The molecule has 2 aromatic rings. The molecule has 8 heteroatoms. The fourth-order valence-corrected chi connectivity index (χ4v) is 4.18. The highest BCUT2D eigenvalue weighted by Gasteiger charge is 2.27. The molecule has 0 bridgehead atoms. The monoisotopic (exact) mass is 365 g/mol. The van der Waals surface area contributed by atoms with Gasteiger partial charge in [0.25, 0.3) is 0 Å². The van der Waals surface area contributed by atoms with E-state index in [4.69, 9.17) is 11.6 Å².